The standard InChI is InChI=1S/C17H22/c1-4-14-10-6-7-12-16(14)17(3)13-9-8-11-15(17)5-2/h6-13,15H,4-5H2,1-3H3. The third-order valence-corrected chi connectivity index (χ3v) is 4.09. The molecule has 0 amide bonds. The monoisotopic (exact) mass is 226 g/mol. The summed E-state index contributed by atoms with van der Waals surface area (Å²) in [6.07, 6.45) is 11.4. The van der Waals surface area contributed by atoms with Crippen LogP contribution >= 0.6 is 0 Å². The molecule has 2 atom stereocenters. The summed E-state index contributed by atoms with van der Waals surface area (Å²) in [5.74, 6) is 0.611. The number of hydrogen-bond donors (Lipinski definition) is 0. The van der Waals surface area contributed by atoms with Crippen molar-refractivity contribution in [3.8, 4) is 0 Å². The second-order valence-corrected chi connectivity index (χ2v) is 5.05. The highest BCUT2D eigenvalue weighted by molar-refractivity contribution is 5.41. The van der Waals surface area contributed by atoms with Crippen LogP contribution in [0, 0.1) is 5.92 Å². The molecule has 0 radical (unpaired) electrons. The fraction of sp³-hybridized carbons (Fsp3) is 0.412. The first-order valence-electron chi connectivity index (χ1n) is 6.66. The molecule has 0 N–H and O–H groups in total. The van der Waals surface area contributed by atoms with Gasteiger partial charge in [-0.3, -0.25) is 0 Å². The van der Waals surface area contributed by atoms with Gasteiger partial charge in [0.15, 0.2) is 0 Å². The van der Waals surface area contributed by atoms with Crippen LogP contribution < -0.4 is 0 Å². The summed E-state index contributed by atoms with van der Waals surface area (Å²) in [5.41, 5.74) is 3.14. The highest BCUT2D eigenvalue weighted by Crippen LogP contribution is 2.40. The maximum Gasteiger partial charge on any atom is 0.0172 e. The van der Waals surface area contributed by atoms with Gasteiger partial charge in [-0.2, -0.15) is 0 Å². The molecule has 0 saturated carbocycles. The van der Waals surface area contributed by atoms with Gasteiger partial charge in [-0.1, -0.05) is 69.3 Å². The maximum absolute atomic E-state index is 2.37. The van der Waals surface area contributed by atoms with E-state index in [2.05, 4.69) is 69.3 Å². The van der Waals surface area contributed by atoms with Gasteiger partial charge in [-0.25, -0.2) is 0 Å². The smallest absolute Gasteiger partial charge is 0.0172 e. The summed E-state index contributed by atoms with van der Waals surface area (Å²) in [5, 5.41) is 0. The normalized spacial score (nSPS) is 27.4. The van der Waals surface area contributed by atoms with E-state index in [1.807, 2.05) is 0 Å². The molecular formula is C17H22. The lowest BCUT2D eigenvalue weighted by molar-refractivity contribution is 0.411. The molecule has 0 aliphatic heterocycles. The van der Waals surface area contributed by atoms with Crippen LogP contribution in [0.2, 0.25) is 0 Å². The summed E-state index contributed by atoms with van der Waals surface area (Å²) >= 11 is 0. The van der Waals surface area contributed by atoms with Gasteiger partial charge in [0.05, 0.1) is 0 Å². The molecule has 0 spiro atoms. The van der Waals surface area contributed by atoms with Crippen LogP contribution in [0.3, 0.4) is 0 Å². The minimum absolute atomic E-state index is 0.163. The first-order chi connectivity index (χ1) is 8.22. The van der Waals surface area contributed by atoms with Crippen molar-refractivity contribution >= 4 is 0 Å². The Morgan fingerprint density at radius 2 is 1.88 bits per heavy atom. The van der Waals surface area contributed by atoms with Gasteiger partial charge in [-0.15, -0.1) is 0 Å². The van der Waals surface area contributed by atoms with Crippen molar-refractivity contribution < 1.29 is 0 Å². The van der Waals surface area contributed by atoms with E-state index in [0.717, 1.165) is 6.42 Å². The average Bonchev–Trinajstić information content (AvgIpc) is 2.39. The molecule has 0 fully saturated rings. The third kappa shape index (κ3) is 2.09. The van der Waals surface area contributed by atoms with Crippen LogP contribution in [-0.2, 0) is 11.8 Å². The van der Waals surface area contributed by atoms with E-state index >= 15 is 0 Å². The molecule has 2 rings (SSSR count). The van der Waals surface area contributed by atoms with Gasteiger partial charge in [0.1, 0.15) is 0 Å². The van der Waals surface area contributed by atoms with Crippen LogP contribution in [0.15, 0.2) is 48.6 Å². The summed E-state index contributed by atoms with van der Waals surface area (Å²) in [7, 11) is 0. The predicted molar refractivity (Wildman–Crippen MR) is 75.2 cm³/mol. The second kappa shape index (κ2) is 4.91. The van der Waals surface area contributed by atoms with Gasteiger partial charge in [-0.05, 0) is 29.9 Å². The van der Waals surface area contributed by atoms with Crippen LogP contribution in [0.5, 0.6) is 0 Å². The van der Waals surface area contributed by atoms with Crippen molar-refractivity contribution in [2.45, 2.75) is 39.0 Å². The predicted octanol–water partition coefficient (Wildman–Crippen LogP) is 4.66. The summed E-state index contributed by atoms with van der Waals surface area (Å²) in [6.45, 7) is 6.89. The van der Waals surface area contributed by atoms with Crippen LogP contribution in [0.25, 0.3) is 0 Å². The molecule has 0 bridgehead atoms. The Morgan fingerprint density at radius 1 is 1.12 bits per heavy atom. The van der Waals surface area contributed by atoms with Crippen molar-refractivity contribution in [1.82, 2.24) is 0 Å². The highest BCUT2D eigenvalue weighted by atomic mass is 14.4. The fourth-order valence-corrected chi connectivity index (χ4v) is 2.98. The van der Waals surface area contributed by atoms with Gasteiger partial charge in [0.25, 0.3) is 0 Å². The van der Waals surface area contributed by atoms with E-state index in [-0.39, 0.29) is 5.41 Å². The third-order valence-electron chi connectivity index (χ3n) is 4.09. The van der Waals surface area contributed by atoms with E-state index in [0.29, 0.717) is 5.92 Å². The largest absolute Gasteiger partial charge is 0.0802 e. The van der Waals surface area contributed by atoms with E-state index in [9.17, 15) is 0 Å². The van der Waals surface area contributed by atoms with Crippen molar-refractivity contribution in [3.63, 3.8) is 0 Å². The SMILES string of the molecule is CCc1ccccc1C1(C)C=CC=CC1CC. The van der Waals surface area contributed by atoms with Gasteiger partial charge in [0, 0.05) is 5.41 Å². The molecule has 1 aromatic rings. The quantitative estimate of drug-likeness (QED) is 0.703. The van der Waals surface area contributed by atoms with E-state index in [1.165, 1.54) is 17.5 Å². The molecule has 1 aliphatic rings. The first-order valence-corrected chi connectivity index (χ1v) is 6.66. The zero-order chi connectivity index (χ0) is 12.3. The van der Waals surface area contributed by atoms with Gasteiger partial charge >= 0.3 is 0 Å². The Labute approximate surface area is 105 Å². The maximum atomic E-state index is 2.37. The molecule has 0 aromatic heterocycles. The second-order valence-electron chi connectivity index (χ2n) is 5.05. The minimum Gasteiger partial charge on any atom is -0.0802 e. The van der Waals surface area contributed by atoms with E-state index in [4.69, 9.17) is 0 Å². The van der Waals surface area contributed by atoms with Crippen molar-refractivity contribution in [3.05, 3.63) is 59.7 Å². The lowest BCUT2D eigenvalue weighted by Gasteiger charge is -2.37. The summed E-state index contributed by atoms with van der Waals surface area (Å²) in [4.78, 5) is 0. The Kier molecular flexibility index (Phi) is 3.51. The molecule has 0 saturated heterocycles. The molecule has 0 heterocycles. The van der Waals surface area contributed by atoms with Gasteiger partial charge in [0.2, 0.25) is 0 Å². The lowest BCUT2D eigenvalue weighted by atomic mass is 9.67. The zero-order valence-corrected chi connectivity index (χ0v) is 11.1. The number of allylic oxidation sites excluding steroid dienone is 4. The average molecular weight is 226 g/mol. The molecule has 17 heavy (non-hydrogen) atoms. The molecule has 2 unspecified atom stereocenters. The topological polar surface area (TPSA) is 0 Å². The molecule has 0 heteroatoms. The Bertz CT molecular complexity index is 439. The summed E-state index contributed by atoms with van der Waals surface area (Å²) in [6, 6.07) is 8.87. The number of rotatable bonds is 3. The highest BCUT2D eigenvalue weighted by Gasteiger charge is 2.33. The molecule has 90 valence electrons. The van der Waals surface area contributed by atoms with Gasteiger partial charge < -0.3 is 0 Å². The van der Waals surface area contributed by atoms with E-state index in [1.54, 1.807) is 0 Å². The summed E-state index contributed by atoms with van der Waals surface area (Å²) < 4.78 is 0. The van der Waals surface area contributed by atoms with E-state index < -0.39 is 0 Å². The molecular weight excluding hydrogens is 204 g/mol. The number of benzene rings is 1. The van der Waals surface area contributed by atoms with Crippen LogP contribution in [0.4, 0.5) is 0 Å². The molecule has 1 aromatic carbocycles. The fourth-order valence-electron chi connectivity index (χ4n) is 2.98. The lowest BCUT2D eigenvalue weighted by Crippen LogP contribution is -2.31. The Morgan fingerprint density at radius 3 is 2.59 bits per heavy atom. The Balaban J connectivity index is 2.50. The number of aryl methyl sites for hydroxylation is 1. The first kappa shape index (κ1) is 12.2. The molecule has 1 aliphatic carbocycles. The van der Waals surface area contributed by atoms with Crippen molar-refractivity contribution in [2.24, 2.45) is 5.92 Å². The van der Waals surface area contributed by atoms with Crippen molar-refractivity contribution in [1.29, 1.82) is 0 Å². The Hall–Kier alpha value is -1.30. The zero-order valence-electron chi connectivity index (χ0n) is 11.1. The van der Waals surface area contributed by atoms with Crippen LogP contribution in [0.1, 0.15) is 38.3 Å². The van der Waals surface area contributed by atoms with Crippen LogP contribution in [-0.4, -0.2) is 0 Å². The minimum atomic E-state index is 0.163. The van der Waals surface area contributed by atoms with Crippen molar-refractivity contribution in [2.75, 3.05) is 0 Å². The molecule has 0 nitrogen and oxygen atoms in total. The number of hydrogen-bond acceptors (Lipinski definition) is 0.